The SMILES string of the molecule is Cn1c(=O)n(CCCOC2CCCCO2)c(=O)c2c(C(O)c3ccc(Cl)cc3)c(Oc3cncc(Cl)c3)cnc21. The van der Waals surface area contributed by atoms with Gasteiger partial charge in [-0.15, -0.1) is 0 Å². The summed E-state index contributed by atoms with van der Waals surface area (Å²) in [5.41, 5.74) is -0.409. The van der Waals surface area contributed by atoms with Crippen molar-refractivity contribution in [3.63, 3.8) is 0 Å². The molecular weight excluding hydrogens is 559 g/mol. The average Bonchev–Trinajstić information content (AvgIpc) is 2.96. The van der Waals surface area contributed by atoms with Crippen LogP contribution in [0.5, 0.6) is 11.5 Å². The molecule has 0 spiro atoms. The van der Waals surface area contributed by atoms with E-state index in [4.69, 9.17) is 37.4 Å². The predicted molar refractivity (Wildman–Crippen MR) is 150 cm³/mol. The molecule has 1 aromatic carbocycles. The highest BCUT2D eigenvalue weighted by molar-refractivity contribution is 6.30. The fraction of sp³-hybridized carbons (Fsp3) is 0.357. The van der Waals surface area contributed by atoms with E-state index in [-0.39, 0.29) is 40.9 Å². The summed E-state index contributed by atoms with van der Waals surface area (Å²) >= 11 is 12.1. The molecular formula is C28H28Cl2N4O6. The molecule has 12 heteroatoms. The van der Waals surface area contributed by atoms with Crippen molar-refractivity contribution in [3.05, 3.63) is 90.9 Å². The van der Waals surface area contributed by atoms with Gasteiger partial charge in [-0.05, 0) is 43.4 Å². The van der Waals surface area contributed by atoms with Crippen molar-refractivity contribution in [3.8, 4) is 11.5 Å². The Hall–Kier alpha value is -3.28. The largest absolute Gasteiger partial charge is 0.454 e. The number of aromatic nitrogens is 4. The maximum absolute atomic E-state index is 13.9. The number of fused-ring (bicyclic) bond motifs is 1. The van der Waals surface area contributed by atoms with Gasteiger partial charge in [0, 0.05) is 43.0 Å². The first-order valence-electron chi connectivity index (χ1n) is 12.9. The average molecular weight is 587 g/mol. The smallest absolute Gasteiger partial charge is 0.332 e. The van der Waals surface area contributed by atoms with Gasteiger partial charge in [-0.1, -0.05) is 35.3 Å². The van der Waals surface area contributed by atoms with Crippen LogP contribution in [0.3, 0.4) is 0 Å². The number of aliphatic hydroxyl groups is 1. The van der Waals surface area contributed by atoms with Gasteiger partial charge in [0.05, 0.1) is 29.4 Å². The number of ether oxygens (including phenoxy) is 3. The molecule has 4 aromatic rings. The van der Waals surface area contributed by atoms with Gasteiger partial charge in [-0.25, -0.2) is 9.78 Å². The normalized spacial score (nSPS) is 16.2. The van der Waals surface area contributed by atoms with E-state index in [9.17, 15) is 14.7 Å². The molecule has 4 heterocycles. The topological polar surface area (TPSA) is 118 Å². The third-order valence-electron chi connectivity index (χ3n) is 6.69. The summed E-state index contributed by atoms with van der Waals surface area (Å²) in [6, 6.07) is 8.11. The van der Waals surface area contributed by atoms with Crippen LogP contribution >= 0.6 is 23.2 Å². The minimum Gasteiger partial charge on any atom is -0.454 e. The number of pyridine rings is 2. The molecule has 1 fully saturated rings. The summed E-state index contributed by atoms with van der Waals surface area (Å²) in [7, 11) is 1.53. The van der Waals surface area contributed by atoms with Crippen LogP contribution in [0.25, 0.3) is 11.0 Å². The second-order valence-electron chi connectivity index (χ2n) is 9.45. The minimum absolute atomic E-state index is 0.0496. The third-order valence-corrected chi connectivity index (χ3v) is 7.15. The molecule has 1 N–H and O–H groups in total. The van der Waals surface area contributed by atoms with Crippen LogP contribution in [0.4, 0.5) is 0 Å². The maximum Gasteiger partial charge on any atom is 0.332 e. The summed E-state index contributed by atoms with van der Waals surface area (Å²) in [5, 5.41) is 12.4. The molecule has 1 aliphatic rings. The summed E-state index contributed by atoms with van der Waals surface area (Å²) in [4.78, 5) is 35.5. The molecule has 5 rings (SSSR count). The highest BCUT2D eigenvalue weighted by Gasteiger charge is 2.26. The fourth-order valence-electron chi connectivity index (χ4n) is 4.67. The predicted octanol–water partition coefficient (Wildman–Crippen LogP) is 4.60. The van der Waals surface area contributed by atoms with Gasteiger partial charge < -0.3 is 19.3 Å². The molecule has 1 aliphatic heterocycles. The van der Waals surface area contributed by atoms with Gasteiger partial charge in [0.1, 0.15) is 17.5 Å². The van der Waals surface area contributed by atoms with Crippen LogP contribution in [0.15, 0.2) is 58.5 Å². The van der Waals surface area contributed by atoms with Crippen molar-refractivity contribution in [2.75, 3.05) is 13.2 Å². The number of rotatable bonds is 9. The van der Waals surface area contributed by atoms with E-state index in [2.05, 4.69) is 9.97 Å². The van der Waals surface area contributed by atoms with E-state index in [1.54, 1.807) is 30.3 Å². The summed E-state index contributed by atoms with van der Waals surface area (Å²) in [6.07, 6.45) is 5.97. The van der Waals surface area contributed by atoms with Crippen LogP contribution in [0.2, 0.25) is 10.0 Å². The minimum atomic E-state index is -1.31. The van der Waals surface area contributed by atoms with Crippen molar-refractivity contribution >= 4 is 34.2 Å². The van der Waals surface area contributed by atoms with Crippen LogP contribution in [-0.4, -0.2) is 43.7 Å². The Balaban J connectivity index is 1.58. The zero-order valence-electron chi connectivity index (χ0n) is 21.8. The van der Waals surface area contributed by atoms with Crippen molar-refractivity contribution in [1.82, 2.24) is 19.1 Å². The molecule has 210 valence electrons. The molecule has 3 aromatic heterocycles. The number of aryl methyl sites for hydroxylation is 1. The standard InChI is InChI=1S/C28H28Cl2N4O6/c1-33-26-24(27(36)34(28(33)37)10-4-12-39-22-5-2-3-11-38-22)23(25(35)17-6-8-18(29)9-7-17)21(16-32-26)40-20-13-19(30)14-31-15-20/h6-9,13-16,22,25,35H,2-5,10-12H2,1H3. The van der Waals surface area contributed by atoms with Gasteiger partial charge in [0.2, 0.25) is 0 Å². The third kappa shape index (κ3) is 6.06. The zero-order chi connectivity index (χ0) is 28.2. The Morgan fingerprint density at radius 2 is 1.93 bits per heavy atom. The lowest BCUT2D eigenvalue weighted by Crippen LogP contribution is -2.40. The van der Waals surface area contributed by atoms with E-state index in [1.807, 2.05) is 0 Å². The van der Waals surface area contributed by atoms with Crippen molar-refractivity contribution < 1.29 is 19.3 Å². The zero-order valence-corrected chi connectivity index (χ0v) is 23.3. The number of benzene rings is 1. The van der Waals surface area contributed by atoms with E-state index in [0.717, 1.165) is 23.8 Å². The Bertz CT molecular complexity index is 1620. The second kappa shape index (κ2) is 12.5. The monoisotopic (exact) mass is 586 g/mol. The maximum atomic E-state index is 13.9. The van der Waals surface area contributed by atoms with Gasteiger partial charge in [0.25, 0.3) is 5.56 Å². The van der Waals surface area contributed by atoms with Crippen LogP contribution in [-0.2, 0) is 23.1 Å². The number of aliphatic hydroxyl groups excluding tert-OH is 1. The van der Waals surface area contributed by atoms with Crippen LogP contribution < -0.4 is 16.0 Å². The summed E-state index contributed by atoms with van der Waals surface area (Å²) < 4.78 is 19.8. The molecule has 40 heavy (non-hydrogen) atoms. The van der Waals surface area contributed by atoms with E-state index >= 15 is 0 Å². The quantitative estimate of drug-likeness (QED) is 0.283. The number of hydrogen-bond acceptors (Lipinski definition) is 8. The Labute approximate surface area is 239 Å². The highest BCUT2D eigenvalue weighted by Crippen LogP contribution is 2.36. The molecule has 1 saturated heterocycles. The first kappa shape index (κ1) is 28.3. The lowest BCUT2D eigenvalue weighted by Gasteiger charge is -2.22. The highest BCUT2D eigenvalue weighted by atomic mass is 35.5. The van der Waals surface area contributed by atoms with Crippen molar-refractivity contribution in [2.45, 2.75) is 44.6 Å². The van der Waals surface area contributed by atoms with Crippen LogP contribution in [0, 0.1) is 0 Å². The Morgan fingerprint density at radius 3 is 2.65 bits per heavy atom. The van der Waals surface area contributed by atoms with Crippen LogP contribution in [0.1, 0.15) is 42.9 Å². The number of halogens is 2. The molecule has 2 atom stereocenters. The molecule has 10 nitrogen and oxygen atoms in total. The van der Waals surface area contributed by atoms with Gasteiger partial charge in [-0.2, -0.15) is 0 Å². The lowest BCUT2D eigenvalue weighted by atomic mass is 9.98. The molecule has 0 amide bonds. The molecule has 0 bridgehead atoms. The summed E-state index contributed by atoms with van der Waals surface area (Å²) in [5.74, 6) is 0.393. The lowest BCUT2D eigenvalue weighted by molar-refractivity contribution is -0.163. The van der Waals surface area contributed by atoms with Crippen molar-refractivity contribution in [1.29, 1.82) is 0 Å². The first-order valence-corrected chi connectivity index (χ1v) is 13.7. The van der Waals surface area contributed by atoms with E-state index in [0.29, 0.717) is 35.2 Å². The first-order chi connectivity index (χ1) is 19.3. The Morgan fingerprint density at radius 1 is 1.12 bits per heavy atom. The van der Waals surface area contributed by atoms with Crippen molar-refractivity contribution in [2.24, 2.45) is 7.05 Å². The molecule has 0 radical (unpaired) electrons. The van der Waals surface area contributed by atoms with Gasteiger partial charge >= 0.3 is 5.69 Å². The Kier molecular flexibility index (Phi) is 8.82. The molecule has 0 aliphatic carbocycles. The number of nitrogens with zero attached hydrogens (tertiary/aromatic N) is 4. The second-order valence-corrected chi connectivity index (χ2v) is 10.3. The van der Waals surface area contributed by atoms with E-state index < -0.39 is 17.4 Å². The van der Waals surface area contributed by atoms with E-state index in [1.165, 1.54) is 30.2 Å². The van der Waals surface area contributed by atoms with Gasteiger partial charge in [0.15, 0.2) is 12.0 Å². The van der Waals surface area contributed by atoms with Gasteiger partial charge in [-0.3, -0.25) is 18.9 Å². The number of hydrogen-bond donors (Lipinski definition) is 1. The molecule has 0 saturated carbocycles. The fourth-order valence-corrected chi connectivity index (χ4v) is 4.96. The molecule has 2 unspecified atom stereocenters. The summed E-state index contributed by atoms with van der Waals surface area (Å²) in [6.45, 7) is 1.09.